The van der Waals surface area contributed by atoms with Gasteiger partial charge in [0.1, 0.15) is 22.4 Å². The number of piperidine rings is 1. The molecule has 6 nitrogen and oxygen atoms in total. The highest BCUT2D eigenvalue weighted by Crippen LogP contribution is 2.28. The molecule has 0 spiro atoms. The number of nitrogens with zero attached hydrogens (tertiary/aromatic N) is 3. The van der Waals surface area contributed by atoms with Crippen molar-refractivity contribution >= 4 is 34.5 Å². The standard InChI is InChI=1S/C21H22ClN3O3S/c1-2-28-21(27)15-4-3-9-25(11-15)12-19(26)17(10-23)20-24-18(13-29-20)14-5-7-16(22)8-6-14/h5-8,13,15,26H,2-4,9,11-12H2,1H3/t15-/m1/s1. The summed E-state index contributed by atoms with van der Waals surface area (Å²) in [5.41, 5.74) is 1.78. The molecule has 0 aliphatic carbocycles. The molecule has 0 unspecified atom stereocenters. The van der Waals surface area contributed by atoms with Crippen LogP contribution in [0.25, 0.3) is 16.8 Å². The number of likely N-dealkylation sites (tertiary alicyclic amines) is 1. The topological polar surface area (TPSA) is 86.5 Å². The molecule has 2 heterocycles. The summed E-state index contributed by atoms with van der Waals surface area (Å²) in [5, 5.41) is 23.2. The first-order valence-corrected chi connectivity index (χ1v) is 10.7. The minimum absolute atomic E-state index is 0.0333. The molecule has 1 saturated heterocycles. The summed E-state index contributed by atoms with van der Waals surface area (Å²) in [6.45, 7) is 3.62. The van der Waals surface area contributed by atoms with Crippen molar-refractivity contribution in [3.05, 3.63) is 45.4 Å². The lowest BCUT2D eigenvalue weighted by atomic mass is 9.98. The molecule has 1 atom stereocenters. The summed E-state index contributed by atoms with van der Waals surface area (Å²) in [4.78, 5) is 18.5. The Morgan fingerprint density at radius 3 is 2.90 bits per heavy atom. The van der Waals surface area contributed by atoms with Crippen LogP contribution in [-0.4, -0.2) is 47.2 Å². The van der Waals surface area contributed by atoms with Gasteiger partial charge in [0.05, 0.1) is 24.8 Å². The van der Waals surface area contributed by atoms with E-state index >= 15 is 0 Å². The minimum atomic E-state index is -0.200. The summed E-state index contributed by atoms with van der Waals surface area (Å²) >= 11 is 7.23. The van der Waals surface area contributed by atoms with Crippen LogP contribution in [0.1, 0.15) is 24.8 Å². The summed E-state index contributed by atoms with van der Waals surface area (Å²) in [6, 6.07) is 9.36. The number of carbonyl (C=O) groups is 1. The Kier molecular flexibility index (Phi) is 7.26. The zero-order valence-electron chi connectivity index (χ0n) is 16.1. The van der Waals surface area contributed by atoms with Gasteiger partial charge in [0.15, 0.2) is 0 Å². The monoisotopic (exact) mass is 431 g/mol. The Morgan fingerprint density at radius 1 is 1.45 bits per heavy atom. The van der Waals surface area contributed by atoms with Crippen molar-refractivity contribution in [3.8, 4) is 17.3 Å². The predicted molar refractivity (Wildman–Crippen MR) is 114 cm³/mol. The van der Waals surface area contributed by atoms with Crippen LogP contribution < -0.4 is 0 Å². The number of carbonyl (C=O) groups excluding carboxylic acids is 1. The van der Waals surface area contributed by atoms with Crippen molar-refractivity contribution in [2.45, 2.75) is 19.8 Å². The second kappa shape index (κ2) is 9.88. The predicted octanol–water partition coefficient (Wildman–Crippen LogP) is 4.53. The lowest BCUT2D eigenvalue weighted by Crippen LogP contribution is -2.40. The number of aliphatic hydroxyl groups is 1. The minimum Gasteiger partial charge on any atom is -0.509 e. The van der Waals surface area contributed by atoms with Gasteiger partial charge < -0.3 is 9.84 Å². The van der Waals surface area contributed by atoms with Gasteiger partial charge in [0.2, 0.25) is 0 Å². The lowest BCUT2D eigenvalue weighted by molar-refractivity contribution is -0.149. The van der Waals surface area contributed by atoms with Gasteiger partial charge in [-0.3, -0.25) is 9.69 Å². The SMILES string of the molecule is CCOC(=O)[C@@H]1CCCN(CC(O)=C(C#N)c2nc(-c3ccc(Cl)cc3)cs2)C1. The smallest absolute Gasteiger partial charge is 0.310 e. The second-order valence-electron chi connectivity index (χ2n) is 6.80. The van der Waals surface area contributed by atoms with Gasteiger partial charge in [-0.2, -0.15) is 5.26 Å². The van der Waals surface area contributed by atoms with Gasteiger partial charge in [-0.1, -0.05) is 23.7 Å². The Hall–Kier alpha value is -2.40. The van der Waals surface area contributed by atoms with E-state index in [4.69, 9.17) is 16.3 Å². The maximum Gasteiger partial charge on any atom is 0.310 e. The van der Waals surface area contributed by atoms with E-state index in [0.717, 1.165) is 30.6 Å². The highest BCUT2D eigenvalue weighted by Gasteiger charge is 2.28. The Bertz CT molecular complexity index is 933. The summed E-state index contributed by atoms with van der Waals surface area (Å²) in [5.74, 6) is -0.430. The quantitative estimate of drug-likeness (QED) is 0.410. The molecule has 0 bridgehead atoms. The Labute approximate surface area is 179 Å². The summed E-state index contributed by atoms with van der Waals surface area (Å²) in [7, 11) is 0. The number of benzene rings is 1. The van der Waals surface area contributed by atoms with Crippen molar-refractivity contribution in [1.29, 1.82) is 5.26 Å². The van der Waals surface area contributed by atoms with Gasteiger partial charge in [-0.15, -0.1) is 11.3 Å². The number of ether oxygens (including phenoxy) is 1. The molecule has 152 valence electrons. The number of aromatic nitrogens is 1. The zero-order valence-corrected chi connectivity index (χ0v) is 17.7. The fraction of sp³-hybridized carbons (Fsp3) is 0.381. The third kappa shape index (κ3) is 5.36. The van der Waals surface area contributed by atoms with Crippen molar-refractivity contribution in [3.63, 3.8) is 0 Å². The normalized spacial score (nSPS) is 18.0. The van der Waals surface area contributed by atoms with Crippen LogP contribution in [0.2, 0.25) is 5.02 Å². The van der Waals surface area contributed by atoms with Gasteiger partial charge in [0, 0.05) is 22.5 Å². The second-order valence-corrected chi connectivity index (χ2v) is 8.10. The van der Waals surface area contributed by atoms with E-state index in [2.05, 4.69) is 11.1 Å². The maximum absolute atomic E-state index is 12.0. The van der Waals surface area contributed by atoms with Crippen molar-refractivity contribution in [2.75, 3.05) is 26.2 Å². The number of rotatable bonds is 6. The molecule has 1 fully saturated rings. The number of hydrogen-bond donors (Lipinski definition) is 1. The van der Waals surface area contributed by atoms with E-state index in [1.165, 1.54) is 11.3 Å². The molecule has 8 heteroatoms. The Morgan fingerprint density at radius 2 is 2.21 bits per heavy atom. The summed E-state index contributed by atoms with van der Waals surface area (Å²) < 4.78 is 5.12. The number of halogens is 1. The highest BCUT2D eigenvalue weighted by molar-refractivity contribution is 7.11. The molecular weight excluding hydrogens is 410 g/mol. The van der Waals surface area contributed by atoms with Crippen molar-refractivity contribution in [1.82, 2.24) is 9.88 Å². The van der Waals surface area contributed by atoms with E-state index in [-0.39, 0.29) is 29.8 Å². The number of aliphatic hydroxyl groups excluding tert-OH is 1. The molecule has 29 heavy (non-hydrogen) atoms. The molecule has 1 aromatic heterocycles. The fourth-order valence-corrected chi connectivity index (χ4v) is 4.29. The van der Waals surface area contributed by atoms with Gasteiger partial charge >= 0.3 is 5.97 Å². The fourth-order valence-electron chi connectivity index (χ4n) is 3.32. The van der Waals surface area contributed by atoms with Crippen LogP contribution in [0.5, 0.6) is 0 Å². The van der Waals surface area contributed by atoms with Crippen LogP contribution in [-0.2, 0) is 9.53 Å². The van der Waals surface area contributed by atoms with E-state index in [1.807, 2.05) is 22.4 Å². The number of allylic oxidation sites excluding steroid dienone is 1. The molecule has 0 saturated carbocycles. The highest BCUT2D eigenvalue weighted by atomic mass is 35.5. The molecule has 3 rings (SSSR count). The van der Waals surface area contributed by atoms with Crippen LogP contribution in [0.3, 0.4) is 0 Å². The van der Waals surface area contributed by atoms with Crippen molar-refractivity contribution in [2.24, 2.45) is 5.92 Å². The maximum atomic E-state index is 12.0. The van der Waals surface area contributed by atoms with Crippen LogP contribution in [0.15, 0.2) is 35.4 Å². The molecule has 1 aliphatic rings. The molecule has 1 N–H and O–H groups in total. The molecule has 0 radical (unpaired) electrons. The number of hydrogen-bond acceptors (Lipinski definition) is 7. The summed E-state index contributed by atoms with van der Waals surface area (Å²) in [6.07, 6.45) is 1.62. The number of thiazole rings is 1. The molecule has 0 amide bonds. The third-order valence-electron chi connectivity index (χ3n) is 4.76. The van der Waals surface area contributed by atoms with Gasteiger partial charge in [-0.25, -0.2) is 4.98 Å². The molecule has 1 aliphatic heterocycles. The lowest BCUT2D eigenvalue weighted by Gasteiger charge is -2.31. The first-order valence-electron chi connectivity index (χ1n) is 9.44. The number of esters is 1. The first kappa shape index (κ1) is 21.3. The molecular formula is C21H22ClN3O3S. The van der Waals surface area contributed by atoms with E-state index in [1.54, 1.807) is 19.1 Å². The van der Waals surface area contributed by atoms with E-state index in [9.17, 15) is 15.2 Å². The van der Waals surface area contributed by atoms with Crippen LogP contribution in [0, 0.1) is 17.2 Å². The van der Waals surface area contributed by atoms with E-state index < -0.39 is 0 Å². The van der Waals surface area contributed by atoms with Crippen molar-refractivity contribution < 1.29 is 14.6 Å². The average molecular weight is 432 g/mol. The largest absolute Gasteiger partial charge is 0.509 e. The van der Waals surface area contributed by atoms with E-state index in [0.29, 0.717) is 23.2 Å². The first-order chi connectivity index (χ1) is 14.0. The number of nitriles is 1. The van der Waals surface area contributed by atoms with Crippen LogP contribution in [0.4, 0.5) is 0 Å². The molecule has 1 aromatic carbocycles. The van der Waals surface area contributed by atoms with Crippen LogP contribution >= 0.6 is 22.9 Å². The third-order valence-corrected chi connectivity index (χ3v) is 5.87. The molecule has 2 aromatic rings. The van der Waals surface area contributed by atoms with Gasteiger partial charge in [-0.05, 0) is 38.4 Å². The van der Waals surface area contributed by atoms with Gasteiger partial charge in [0.25, 0.3) is 0 Å². The average Bonchev–Trinajstić information content (AvgIpc) is 3.19. The zero-order chi connectivity index (χ0) is 20.8. The Balaban J connectivity index is 1.74.